The maximum Gasteiger partial charge on any atom is 0.0424 e. The van der Waals surface area contributed by atoms with Gasteiger partial charge in [0.05, 0.1) is 0 Å². The highest BCUT2D eigenvalue weighted by Crippen LogP contribution is 2.44. The van der Waals surface area contributed by atoms with Gasteiger partial charge in [-0.1, -0.05) is 146 Å². The Morgan fingerprint density at radius 2 is 0.788 bits per heavy atom. The molecule has 0 heteroatoms. The third-order valence-corrected chi connectivity index (χ3v) is 6.34. The van der Waals surface area contributed by atoms with Gasteiger partial charge in [-0.3, -0.25) is 0 Å². The molecule has 1 radical (unpaired) electrons. The van der Waals surface area contributed by atoms with E-state index < -0.39 is 0 Å². The summed E-state index contributed by atoms with van der Waals surface area (Å²) in [6.07, 6.45) is 0. The molecular formula is C33H27. The lowest BCUT2D eigenvalue weighted by molar-refractivity contribution is 0.824. The van der Waals surface area contributed by atoms with Crippen molar-refractivity contribution in [2.45, 2.75) is 12.8 Å². The molecule has 1 atom stereocenters. The van der Waals surface area contributed by atoms with E-state index in [2.05, 4.69) is 146 Å². The Morgan fingerprint density at radius 1 is 0.424 bits per heavy atom. The van der Waals surface area contributed by atoms with Gasteiger partial charge in [-0.2, -0.15) is 0 Å². The fourth-order valence-corrected chi connectivity index (χ4v) is 4.69. The molecule has 0 amide bonds. The van der Waals surface area contributed by atoms with Crippen LogP contribution in [0.25, 0.3) is 22.3 Å². The van der Waals surface area contributed by atoms with Gasteiger partial charge in [0.2, 0.25) is 0 Å². The molecule has 5 aromatic carbocycles. The number of hydrogen-bond donors (Lipinski definition) is 0. The summed E-state index contributed by atoms with van der Waals surface area (Å²) in [6.45, 7) is 2.33. The molecule has 0 saturated heterocycles. The summed E-state index contributed by atoms with van der Waals surface area (Å²) in [5, 5.41) is 0. The molecule has 33 heavy (non-hydrogen) atoms. The van der Waals surface area contributed by atoms with Crippen molar-refractivity contribution < 1.29 is 0 Å². The molecule has 0 aliphatic carbocycles. The van der Waals surface area contributed by atoms with E-state index in [1.165, 1.54) is 44.9 Å². The Balaban J connectivity index is 1.75. The Bertz CT molecular complexity index is 1220. The molecule has 0 aliphatic heterocycles. The van der Waals surface area contributed by atoms with E-state index >= 15 is 0 Å². The van der Waals surface area contributed by atoms with Gasteiger partial charge in [-0.05, 0) is 44.9 Å². The SMILES string of the molecule is CC([C](c1ccccc1-c1ccccc1)c1ccccc1-c1ccccc1)c1ccccc1. The fourth-order valence-electron chi connectivity index (χ4n) is 4.69. The molecule has 0 nitrogen and oxygen atoms in total. The molecular weight excluding hydrogens is 396 g/mol. The van der Waals surface area contributed by atoms with Crippen LogP contribution in [0.5, 0.6) is 0 Å². The summed E-state index contributed by atoms with van der Waals surface area (Å²) in [7, 11) is 0. The van der Waals surface area contributed by atoms with Gasteiger partial charge in [0.1, 0.15) is 0 Å². The maximum atomic E-state index is 2.33. The summed E-state index contributed by atoms with van der Waals surface area (Å²) in [5.74, 6) is 1.57. The van der Waals surface area contributed by atoms with Gasteiger partial charge in [-0.15, -0.1) is 0 Å². The standard InChI is InChI=1S/C33H27/c1-25(26-15-5-2-6-16-26)33(31-23-13-11-21-29(31)27-17-7-3-8-18-27)32-24-14-12-22-30(32)28-19-9-4-10-20-28/h2-25H,1H3. The van der Waals surface area contributed by atoms with Crippen molar-refractivity contribution in [2.24, 2.45) is 0 Å². The zero-order valence-corrected chi connectivity index (χ0v) is 18.9. The van der Waals surface area contributed by atoms with Crippen LogP contribution in [0, 0.1) is 5.92 Å². The normalized spacial score (nSPS) is 11.9. The van der Waals surface area contributed by atoms with Crippen LogP contribution < -0.4 is 0 Å². The molecule has 5 rings (SSSR count). The van der Waals surface area contributed by atoms with Crippen LogP contribution in [0.15, 0.2) is 140 Å². The molecule has 0 saturated carbocycles. The predicted octanol–water partition coefficient (Wildman–Crippen LogP) is 8.80. The average Bonchev–Trinajstić information content (AvgIpc) is 2.91. The van der Waals surface area contributed by atoms with Gasteiger partial charge in [0, 0.05) is 5.92 Å². The quantitative estimate of drug-likeness (QED) is 0.256. The minimum Gasteiger partial charge on any atom is -0.0622 e. The second-order valence-corrected chi connectivity index (χ2v) is 8.37. The smallest absolute Gasteiger partial charge is 0.0424 e. The zero-order chi connectivity index (χ0) is 22.5. The van der Waals surface area contributed by atoms with Gasteiger partial charge in [0.25, 0.3) is 0 Å². The monoisotopic (exact) mass is 423 g/mol. The highest BCUT2D eigenvalue weighted by Gasteiger charge is 2.28. The molecule has 0 spiro atoms. The van der Waals surface area contributed by atoms with Crippen molar-refractivity contribution in [1.29, 1.82) is 0 Å². The largest absolute Gasteiger partial charge is 0.0622 e. The van der Waals surface area contributed by atoms with Crippen molar-refractivity contribution in [3.05, 3.63) is 162 Å². The minimum atomic E-state index is 0.223. The van der Waals surface area contributed by atoms with Crippen LogP contribution in [0.1, 0.15) is 29.5 Å². The first-order valence-electron chi connectivity index (χ1n) is 11.5. The van der Waals surface area contributed by atoms with Crippen molar-refractivity contribution in [1.82, 2.24) is 0 Å². The summed E-state index contributed by atoms with van der Waals surface area (Å²) in [6, 6.07) is 49.9. The fraction of sp³-hybridized carbons (Fsp3) is 0.0606. The number of rotatable bonds is 6. The Morgan fingerprint density at radius 3 is 1.24 bits per heavy atom. The molecule has 5 aromatic rings. The Labute approximate surface area is 197 Å². The van der Waals surface area contributed by atoms with Crippen LogP contribution in [-0.2, 0) is 0 Å². The second-order valence-electron chi connectivity index (χ2n) is 8.37. The summed E-state index contributed by atoms with van der Waals surface area (Å²) < 4.78 is 0. The number of benzene rings is 5. The topological polar surface area (TPSA) is 0 Å². The first-order chi connectivity index (χ1) is 16.3. The van der Waals surface area contributed by atoms with Crippen LogP contribution in [0.3, 0.4) is 0 Å². The lowest BCUT2D eigenvalue weighted by Crippen LogP contribution is -2.14. The molecule has 0 bridgehead atoms. The minimum absolute atomic E-state index is 0.223. The maximum absolute atomic E-state index is 2.33. The van der Waals surface area contributed by atoms with E-state index in [1.54, 1.807) is 0 Å². The highest BCUT2D eigenvalue weighted by molar-refractivity contribution is 5.78. The number of hydrogen-bond acceptors (Lipinski definition) is 0. The lowest BCUT2D eigenvalue weighted by Gasteiger charge is -2.29. The average molecular weight is 424 g/mol. The lowest BCUT2D eigenvalue weighted by atomic mass is 9.74. The Kier molecular flexibility index (Phi) is 6.17. The molecule has 0 aromatic heterocycles. The van der Waals surface area contributed by atoms with Gasteiger partial charge < -0.3 is 0 Å². The van der Waals surface area contributed by atoms with Crippen molar-refractivity contribution in [3.63, 3.8) is 0 Å². The molecule has 159 valence electrons. The van der Waals surface area contributed by atoms with E-state index in [1.807, 2.05) is 0 Å². The first kappa shape index (κ1) is 21.0. The van der Waals surface area contributed by atoms with E-state index in [-0.39, 0.29) is 5.92 Å². The molecule has 1 unspecified atom stereocenters. The molecule has 0 aliphatic rings. The van der Waals surface area contributed by atoms with Gasteiger partial charge >= 0.3 is 0 Å². The summed E-state index contributed by atoms with van der Waals surface area (Å²) in [4.78, 5) is 0. The summed E-state index contributed by atoms with van der Waals surface area (Å²) >= 11 is 0. The molecule has 0 heterocycles. The third-order valence-electron chi connectivity index (χ3n) is 6.34. The van der Waals surface area contributed by atoms with E-state index in [0.29, 0.717) is 0 Å². The second kappa shape index (κ2) is 9.71. The molecule has 0 N–H and O–H groups in total. The van der Waals surface area contributed by atoms with Crippen molar-refractivity contribution >= 4 is 0 Å². The third kappa shape index (κ3) is 4.38. The Hall–Kier alpha value is -3.90. The predicted molar refractivity (Wildman–Crippen MR) is 140 cm³/mol. The van der Waals surface area contributed by atoms with E-state index in [0.717, 1.165) is 0 Å². The van der Waals surface area contributed by atoms with Gasteiger partial charge in [-0.25, -0.2) is 0 Å². The summed E-state index contributed by atoms with van der Waals surface area (Å²) in [5.41, 5.74) is 8.88. The van der Waals surface area contributed by atoms with Crippen LogP contribution in [-0.4, -0.2) is 0 Å². The van der Waals surface area contributed by atoms with E-state index in [4.69, 9.17) is 0 Å². The van der Waals surface area contributed by atoms with E-state index in [9.17, 15) is 0 Å². The first-order valence-corrected chi connectivity index (χ1v) is 11.5. The van der Waals surface area contributed by atoms with Crippen LogP contribution in [0.2, 0.25) is 0 Å². The van der Waals surface area contributed by atoms with Crippen molar-refractivity contribution in [3.8, 4) is 22.3 Å². The highest BCUT2D eigenvalue weighted by atomic mass is 14.3. The van der Waals surface area contributed by atoms with Crippen LogP contribution >= 0.6 is 0 Å². The van der Waals surface area contributed by atoms with Gasteiger partial charge in [0.15, 0.2) is 0 Å². The zero-order valence-electron chi connectivity index (χ0n) is 18.9. The van der Waals surface area contributed by atoms with Crippen molar-refractivity contribution in [2.75, 3.05) is 0 Å². The molecule has 0 fully saturated rings. The van der Waals surface area contributed by atoms with Crippen LogP contribution in [0.4, 0.5) is 0 Å².